The van der Waals surface area contributed by atoms with Gasteiger partial charge in [-0.3, -0.25) is 4.98 Å². The van der Waals surface area contributed by atoms with Crippen LogP contribution in [-0.2, 0) is 0 Å². The van der Waals surface area contributed by atoms with Gasteiger partial charge in [-0.1, -0.05) is 12.8 Å². The maximum Gasteiger partial charge on any atom is 0.144 e. The second-order valence-electron chi connectivity index (χ2n) is 5.27. The Bertz CT molecular complexity index is 395. The zero-order valence-corrected chi connectivity index (χ0v) is 12.0. The van der Waals surface area contributed by atoms with E-state index in [1.807, 2.05) is 20.0 Å². The highest BCUT2D eigenvalue weighted by molar-refractivity contribution is 6.18. The predicted octanol–water partition coefficient (Wildman–Crippen LogP) is 3.55. The van der Waals surface area contributed by atoms with Gasteiger partial charge >= 0.3 is 0 Å². The average molecular weight is 268 g/mol. The normalized spacial score (nSPS) is 23.9. The molecule has 1 heterocycles. The smallest absolute Gasteiger partial charge is 0.144 e. The Morgan fingerprint density at radius 1 is 1.22 bits per heavy atom. The molecule has 0 spiro atoms. The first-order valence-electron chi connectivity index (χ1n) is 6.80. The SMILES string of the molecule is Cc1ncc(NCC2CCCCC2CCl)nc1C. The lowest BCUT2D eigenvalue weighted by Crippen LogP contribution is -2.27. The molecule has 1 aliphatic rings. The van der Waals surface area contributed by atoms with Gasteiger partial charge in [0.05, 0.1) is 17.6 Å². The van der Waals surface area contributed by atoms with Crippen molar-refractivity contribution in [3.8, 4) is 0 Å². The Kier molecular flexibility index (Phi) is 4.81. The van der Waals surface area contributed by atoms with E-state index in [2.05, 4.69) is 15.3 Å². The molecule has 0 saturated heterocycles. The molecule has 0 aromatic carbocycles. The molecule has 0 amide bonds. The molecule has 1 aromatic rings. The number of aryl methyl sites for hydroxylation is 2. The van der Waals surface area contributed by atoms with Crippen molar-refractivity contribution in [1.82, 2.24) is 9.97 Å². The first-order valence-corrected chi connectivity index (χ1v) is 7.34. The van der Waals surface area contributed by atoms with Crippen LogP contribution in [0, 0.1) is 25.7 Å². The molecular weight excluding hydrogens is 246 g/mol. The van der Waals surface area contributed by atoms with Crippen LogP contribution in [-0.4, -0.2) is 22.4 Å². The summed E-state index contributed by atoms with van der Waals surface area (Å²) in [6, 6.07) is 0. The van der Waals surface area contributed by atoms with Crippen LogP contribution in [0.5, 0.6) is 0 Å². The summed E-state index contributed by atoms with van der Waals surface area (Å²) in [6.45, 7) is 4.95. The molecular formula is C14H22ClN3. The summed E-state index contributed by atoms with van der Waals surface area (Å²) >= 11 is 6.05. The molecule has 1 aromatic heterocycles. The van der Waals surface area contributed by atoms with Crippen LogP contribution in [0.3, 0.4) is 0 Å². The number of nitrogens with one attached hydrogen (secondary N) is 1. The Labute approximate surface area is 114 Å². The first-order chi connectivity index (χ1) is 8.70. The molecule has 0 radical (unpaired) electrons. The van der Waals surface area contributed by atoms with Crippen LogP contribution in [0.1, 0.15) is 37.1 Å². The number of anilines is 1. The maximum atomic E-state index is 6.05. The monoisotopic (exact) mass is 267 g/mol. The van der Waals surface area contributed by atoms with Crippen molar-refractivity contribution >= 4 is 17.4 Å². The molecule has 2 rings (SSSR count). The number of hydrogen-bond donors (Lipinski definition) is 1. The number of rotatable bonds is 4. The van der Waals surface area contributed by atoms with Crippen molar-refractivity contribution in [1.29, 1.82) is 0 Å². The van der Waals surface area contributed by atoms with Gasteiger partial charge in [0.2, 0.25) is 0 Å². The third kappa shape index (κ3) is 3.35. The van der Waals surface area contributed by atoms with E-state index < -0.39 is 0 Å². The van der Waals surface area contributed by atoms with Crippen molar-refractivity contribution < 1.29 is 0 Å². The van der Waals surface area contributed by atoms with Gasteiger partial charge in [-0.15, -0.1) is 11.6 Å². The highest BCUT2D eigenvalue weighted by Gasteiger charge is 2.24. The van der Waals surface area contributed by atoms with Crippen molar-refractivity contribution in [3.05, 3.63) is 17.6 Å². The quantitative estimate of drug-likeness (QED) is 0.848. The van der Waals surface area contributed by atoms with Crippen molar-refractivity contribution in [2.75, 3.05) is 17.7 Å². The Hall–Kier alpha value is -0.830. The van der Waals surface area contributed by atoms with E-state index >= 15 is 0 Å². The molecule has 3 nitrogen and oxygen atoms in total. The molecule has 2 atom stereocenters. The standard InChI is InChI=1S/C14H22ClN3/c1-10-11(2)18-14(9-16-10)17-8-13-6-4-3-5-12(13)7-15/h9,12-13H,3-8H2,1-2H3,(H,17,18). The minimum Gasteiger partial charge on any atom is -0.368 e. The van der Waals surface area contributed by atoms with E-state index in [0.717, 1.165) is 29.6 Å². The minimum atomic E-state index is 0.660. The van der Waals surface area contributed by atoms with E-state index in [1.54, 1.807) is 0 Å². The second-order valence-corrected chi connectivity index (χ2v) is 5.57. The fraction of sp³-hybridized carbons (Fsp3) is 0.714. The number of nitrogens with zero attached hydrogens (tertiary/aromatic N) is 2. The van der Waals surface area contributed by atoms with E-state index in [4.69, 9.17) is 11.6 Å². The molecule has 1 fully saturated rings. The van der Waals surface area contributed by atoms with Crippen LogP contribution in [0.4, 0.5) is 5.82 Å². The molecule has 0 aliphatic heterocycles. The van der Waals surface area contributed by atoms with Gasteiger partial charge in [0.25, 0.3) is 0 Å². The highest BCUT2D eigenvalue weighted by atomic mass is 35.5. The molecule has 1 saturated carbocycles. The summed E-state index contributed by atoms with van der Waals surface area (Å²) in [6.07, 6.45) is 7.04. The van der Waals surface area contributed by atoms with Crippen molar-refractivity contribution in [2.45, 2.75) is 39.5 Å². The molecule has 4 heteroatoms. The fourth-order valence-electron chi connectivity index (χ4n) is 2.62. The number of aromatic nitrogens is 2. The van der Waals surface area contributed by atoms with E-state index in [9.17, 15) is 0 Å². The summed E-state index contributed by atoms with van der Waals surface area (Å²) in [5, 5.41) is 3.41. The van der Waals surface area contributed by atoms with E-state index in [1.165, 1.54) is 25.7 Å². The topological polar surface area (TPSA) is 37.8 Å². The van der Waals surface area contributed by atoms with Gasteiger partial charge in [0.15, 0.2) is 0 Å². The maximum absolute atomic E-state index is 6.05. The average Bonchev–Trinajstić information content (AvgIpc) is 2.40. The molecule has 18 heavy (non-hydrogen) atoms. The molecule has 2 unspecified atom stereocenters. The molecule has 0 bridgehead atoms. The summed E-state index contributed by atoms with van der Waals surface area (Å²) in [5.74, 6) is 3.01. The zero-order valence-electron chi connectivity index (χ0n) is 11.2. The lowest BCUT2D eigenvalue weighted by Gasteiger charge is -2.30. The van der Waals surface area contributed by atoms with E-state index in [-0.39, 0.29) is 0 Å². The van der Waals surface area contributed by atoms with Gasteiger partial charge < -0.3 is 5.32 Å². The van der Waals surface area contributed by atoms with Gasteiger partial charge in [-0.05, 0) is 38.5 Å². The van der Waals surface area contributed by atoms with Gasteiger partial charge in [0, 0.05) is 12.4 Å². The third-order valence-corrected chi connectivity index (χ3v) is 4.40. The Morgan fingerprint density at radius 3 is 2.61 bits per heavy atom. The van der Waals surface area contributed by atoms with Gasteiger partial charge in [0.1, 0.15) is 5.82 Å². The second kappa shape index (κ2) is 6.37. The van der Waals surface area contributed by atoms with Crippen LogP contribution < -0.4 is 5.32 Å². The predicted molar refractivity (Wildman–Crippen MR) is 76.2 cm³/mol. The fourth-order valence-corrected chi connectivity index (χ4v) is 3.03. The van der Waals surface area contributed by atoms with Crippen LogP contribution in [0.15, 0.2) is 6.20 Å². The van der Waals surface area contributed by atoms with Gasteiger partial charge in [-0.2, -0.15) is 0 Å². The van der Waals surface area contributed by atoms with E-state index in [0.29, 0.717) is 11.8 Å². The highest BCUT2D eigenvalue weighted by Crippen LogP contribution is 2.30. The number of halogens is 1. The summed E-state index contributed by atoms with van der Waals surface area (Å²) < 4.78 is 0. The van der Waals surface area contributed by atoms with Crippen LogP contribution >= 0.6 is 11.6 Å². The van der Waals surface area contributed by atoms with Gasteiger partial charge in [-0.25, -0.2) is 4.98 Å². The summed E-state index contributed by atoms with van der Waals surface area (Å²) in [5.41, 5.74) is 1.99. The first kappa shape index (κ1) is 13.6. The molecule has 1 aliphatic carbocycles. The van der Waals surface area contributed by atoms with Crippen molar-refractivity contribution in [2.24, 2.45) is 11.8 Å². The largest absolute Gasteiger partial charge is 0.368 e. The zero-order chi connectivity index (χ0) is 13.0. The Balaban J connectivity index is 1.91. The third-order valence-electron chi connectivity index (χ3n) is 4.00. The van der Waals surface area contributed by atoms with Crippen LogP contribution in [0.25, 0.3) is 0 Å². The lowest BCUT2D eigenvalue weighted by molar-refractivity contribution is 0.272. The number of hydrogen-bond acceptors (Lipinski definition) is 3. The Morgan fingerprint density at radius 2 is 1.94 bits per heavy atom. The molecule has 1 N–H and O–H groups in total. The minimum absolute atomic E-state index is 0.660. The van der Waals surface area contributed by atoms with Crippen LogP contribution in [0.2, 0.25) is 0 Å². The summed E-state index contributed by atoms with van der Waals surface area (Å²) in [4.78, 5) is 8.83. The summed E-state index contributed by atoms with van der Waals surface area (Å²) in [7, 11) is 0. The lowest BCUT2D eigenvalue weighted by atomic mass is 9.80. The molecule has 100 valence electrons. The number of alkyl halides is 1. The van der Waals surface area contributed by atoms with Crippen molar-refractivity contribution in [3.63, 3.8) is 0 Å².